The van der Waals surface area contributed by atoms with Crippen molar-refractivity contribution >= 4 is 11.5 Å². The highest BCUT2D eigenvalue weighted by atomic mass is 16.4. The second-order valence-corrected chi connectivity index (χ2v) is 6.70. The number of hydrogen-bond acceptors (Lipinski definition) is 3. The lowest BCUT2D eigenvalue weighted by molar-refractivity contribution is 0.226. The van der Waals surface area contributed by atoms with Gasteiger partial charge in [0.15, 0.2) is 5.84 Å². The van der Waals surface area contributed by atoms with Crippen LogP contribution >= 0.6 is 0 Å². The smallest absolute Gasteiger partial charge is 0.172 e. The van der Waals surface area contributed by atoms with E-state index in [2.05, 4.69) is 22.2 Å². The minimum Gasteiger partial charge on any atom is -0.409 e. The van der Waals surface area contributed by atoms with Gasteiger partial charge in [0.05, 0.1) is 0 Å². The summed E-state index contributed by atoms with van der Waals surface area (Å²) in [6, 6.07) is 6.21. The van der Waals surface area contributed by atoms with Gasteiger partial charge in [-0.3, -0.25) is 0 Å². The molecule has 114 valence electrons. The highest BCUT2D eigenvalue weighted by molar-refractivity contribution is 6.02. The van der Waals surface area contributed by atoms with Crippen LogP contribution in [0, 0.1) is 12.3 Å². The summed E-state index contributed by atoms with van der Waals surface area (Å²) in [7, 11) is 0. The Bertz CT molecular complexity index is 537. The maximum absolute atomic E-state index is 9.01. The number of aryl methyl sites for hydroxylation is 1. The Kier molecular flexibility index (Phi) is 3.79. The monoisotopic (exact) mass is 287 g/mol. The fourth-order valence-corrected chi connectivity index (χ4v) is 4.03. The van der Waals surface area contributed by atoms with Crippen molar-refractivity contribution < 1.29 is 5.21 Å². The standard InChI is InChI=1S/C17H25N3O/c1-13-4-5-15(14(12-13)16(18)19-21)20-10-8-17(9-11-20)6-2-3-7-17/h4-5,12,21H,2-3,6-11H2,1H3,(H2,18,19). The fraction of sp³-hybridized carbons (Fsp3) is 0.588. The zero-order chi connectivity index (χ0) is 14.9. The summed E-state index contributed by atoms with van der Waals surface area (Å²) in [6.07, 6.45) is 8.16. The predicted octanol–water partition coefficient (Wildman–Crippen LogP) is 3.25. The van der Waals surface area contributed by atoms with Gasteiger partial charge in [-0.25, -0.2) is 0 Å². The molecule has 3 rings (SSSR count). The van der Waals surface area contributed by atoms with Crippen LogP contribution in [0.15, 0.2) is 23.4 Å². The lowest BCUT2D eigenvalue weighted by Crippen LogP contribution is -2.39. The molecule has 1 aromatic rings. The largest absolute Gasteiger partial charge is 0.409 e. The van der Waals surface area contributed by atoms with E-state index >= 15 is 0 Å². The number of nitrogens with two attached hydrogens (primary N) is 1. The van der Waals surface area contributed by atoms with E-state index in [1.165, 1.54) is 38.5 Å². The van der Waals surface area contributed by atoms with Gasteiger partial charge in [-0.2, -0.15) is 0 Å². The first-order chi connectivity index (χ1) is 10.1. The number of anilines is 1. The van der Waals surface area contributed by atoms with Gasteiger partial charge in [0.1, 0.15) is 0 Å². The Morgan fingerprint density at radius 2 is 1.86 bits per heavy atom. The van der Waals surface area contributed by atoms with Crippen LogP contribution < -0.4 is 10.6 Å². The summed E-state index contributed by atoms with van der Waals surface area (Å²) in [5, 5.41) is 12.2. The summed E-state index contributed by atoms with van der Waals surface area (Å²) in [5.74, 6) is 0.204. The third-order valence-corrected chi connectivity index (χ3v) is 5.36. The SMILES string of the molecule is Cc1ccc(N2CCC3(CCCC3)CC2)c(/C(N)=N/O)c1. The fourth-order valence-electron chi connectivity index (χ4n) is 4.03. The van der Waals surface area contributed by atoms with Gasteiger partial charge in [0.25, 0.3) is 0 Å². The molecule has 1 aliphatic heterocycles. The van der Waals surface area contributed by atoms with E-state index in [1.807, 2.05) is 13.0 Å². The van der Waals surface area contributed by atoms with Crippen LogP contribution in [-0.2, 0) is 0 Å². The van der Waals surface area contributed by atoms with Crippen molar-refractivity contribution in [2.24, 2.45) is 16.3 Å². The maximum Gasteiger partial charge on any atom is 0.172 e. The zero-order valence-corrected chi connectivity index (χ0v) is 12.8. The summed E-state index contributed by atoms with van der Waals surface area (Å²) >= 11 is 0. The molecule has 1 heterocycles. The average molecular weight is 287 g/mol. The van der Waals surface area contributed by atoms with Gasteiger partial charge in [-0.1, -0.05) is 29.6 Å². The van der Waals surface area contributed by atoms with Crippen LogP contribution in [0.5, 0.6) is 0 Å². The Morgan fingerprint density at radius 1 is 1.19 bits per heavy atom. The van der Waals surface area contributed by atoms with Crippen LogP contribution in [0.25, 0.3) is 0 Å². The second kappa shape index (κ2) is 5.58. The topological polar surface area (TPSA) is 61.8 Å². The molecule has 1 saturated heterocycles. The van der Waals surface area contributed by atoms with E-state index in [-0.39, 0.29) is 5.84 Å². The van der Waals surface area contributed by atoms with Crippen LogP contribution in [0.3, 0.4) is 0 Å². The Labute approximate surface area is 126 Å². The Hall–Kier alpha value is -1.71. The molecule has 4 nitrogen and oxygen atoms in total. The van der Waals surface area contributed by atoms with Crippen molar-refractivity contribution in [3.63, 3.8) is 0 Å². The number of nitrogens with zero attached hydrogens (tertiary/aromatic N) is 2. The number of rotatable bonds is 2. The second-order valence-electron chi connectivity index (χ2n) is 6.70. The molecule has 1 aromatic carbocycles. The molecule has 0 amide bonds. The van der Waals surface area contributed by atoms with Crippen molar-refractivity contribution in [2.75, 3.05) is 18.0 Å². The summed E-state index contributed by atoms with van der Waals surface area (Å²) in [6.45, 7) is 4.19. The van der Waals surface area contributed by atoms with Gasteiger partial charge in [-0.05, 0) is 50.2 Å². The Morgan fingerprint density at radius 3 is 2.48 bits per heavy atom. The molecular weight excluding hydrogens is 262 g/mol. The summed E-state index contributed by atoms with van der Waals surface area (Å²) in [5.41, 5.74) is 9.55. The van der Waals surface area contributed by atoms with E-state index in [1.54, 1.807) is 0 Å². The van der Waals surface area contributed by atoms with E-state index < -0.39 is 0 Å². The molecule has 2 aliphatic rings. The van der Waals surface area contributed by atoms with Crippen LogP contribution in [0.4, 0.5) is 5.69 Å². The molecule has 1 saturated carbocycles. The highest BCUT2D eigenvalue weighted by Gasteiger charge is 2.37. The minimum absolute atomic E-state index is 0.204. The van der Waals surface area contributed by atoms with E-state index in [4.69, 9.17) is 10.9 Å². The quantitative estimate of drug-likeness (QED) is 0.380. The first-order valence-corrected chi connectivity index (χ1v) is 7.97. The minimum atomic E-state index is 0.204. The van der Waals surface area contributed by atoms with Crippen molar-refractivity contribution in [3.05, 3.63) is 29.3 Å². The lowest BCUT2D eigenvalue weighted by Gasteiger charge is -2.41. The molecule has 0 unspecified atom stereocenters. The molecule has 2 fully saturated rings. The third-order valence-electron chi connectivity index (χ3n) is 5.36. The molecule has 1 spiro atoms. The molecule has 0 aromatic heterocycles. The van der Waals surface area contributed by atoms with Crippen molar-refractivity contribution in [1.29, 1.82) is 0 Å². The first-order valence-electron chi connectivity index (χ1n) is 7.97. The van der Waals surface area contributed by atoms with Gasteiger partial charge in [0.2, 0.25) is 0 Å². The molecule has 4 heteroatoms. The van der Waals surface area contributed by atoms with E-state index in [9.17, 15) is 0 Å². The average Bonchev–Trinajstić information content (AvgIpc) is 2.96. The molecule has 0 radical (unpaired) electrons. The molecule has 1 aliphatic carbocycles. The number of hydrogen-bond donors (Lipinski definition) is 2. The van der Waals surface area contributed by atoms with Crippen LogP contribution in [0.2, 0.25) is 0 Å². The van der Waals surface area contributed by atoms with Crippen molar-refractivity contribution in [2.45, 2.75) is 45.4 Å². The van der Waals surface area contributed by atoms with E-state index in [0.717, 1.165) is 29.9 Å². The van der Waals surface area contributed by atoms with Crippen molar-refractivity contribution in [1.82, 2.24) is 0 Å². The maximum atomic E-state index is 9.01. The first kappa shape index (κ1) is 14.2. The number of oxime groups is 1. The van der Waals surface area contributed by atoms with Crippen molar-refractivity contribution in [3.8, 4) is 0 Å². The molecular formula is C17H25N3O. The van der Waals surface area contributed by atoms with Gasteiger partial charge >= 0.3 is 0 Å². The summed E-state index contributed by atoms with van der Waals surface area (Å²) < 4.78 is 0. The predicted molar refractivity (Wildman–Crippen MR) is 86.0 cm³/mol. The number of amidine groups is 1. The van der Waals surface area contributed by atoms with Gasteiger partial charge in [0, 0.05) is 24.3 Å². The summed E-state index contributed by atoms with van der Waals surface area (Å²) in [4.78, 5) is 2.40. The normalized spacial score (nSPS) is 22.0. The molecule has 3 N–H and O–H groups in total. The molecule has 0 bridgehead atoms. The number of benzene rings is 1. The number of piperidine rings is 1. The lowest BCUT2D eigenvalue weighted by atomic mass is 9.77. The molecule has 0 atom stereocenters. The third kappa shape index (κ3) is 2.71. The Balaban J connectivity index is 1.82. The van der Waals surface area contributed by atoms with Gasteiger partial charge < -0.3 is 15.8 Å². The molecule has 21 heavy (non-hydrogen) atoms. The van der Waals surface area contributed by atoms with Crippen LogP contribution in [0.1, 0.15) is 49.7 Å². The van der Waals surface area contributed by atoms with Crippen LogP contribution in [-0.4, -0.2) is 24.1 Å². The van der Waals surface area contributed by atoms with E-state index in [0.29, 0.717) is 5.41 Å². The zero-order valence-electron chi connectivity index (χ0n) is 12.8. The van der Waals surface area contributed by atoms with Gasteiger partial charge in [-0.15, -0.1) is 0 Å². The highest BCUT2D eigenvalue weighted by Crippen LogP contribution is 2.46.